The zero-order valence-electron chi connectivity index (χ0n) is 13.5. The van der Waals surface area contributed by atoms with Crippen molar-refractivity contribution in [1.29, 1.82) is 0 Å². The maximum absolute atomic E-state index is 11.7. The Hall–Kier alpha value is -1.77. The molecule has 1 aliphatic heterocycles. The number of hydrogen-bond acceptors (Lipinski definition) is 3. The number of aryl methyl sites for hydroxylation is 1. The minimum atomic E-state index is -0.294. The third-order valence-electron chi connectivity index (χ3n) is 3.64. The van der Waals surface area contributed by atoms with E-state index in [2.05, 4.69) is 19.9 Å². The molecule has 0 N–H and O–H groups in total. The van der Waals surface area contributed by atoms with Crippen LogP contribution >= 0.6 is 0 Å². The molecule has 2 rings (SSSR count). The highest BCUT2D eigenvalue weighted by Gasteiger charge is 2.27. The molecule has 3 nitrogen and oxygen atoms in total. The van der Waals surface area contributed by atoms with Gasteiger partial charge in [-0.25, -0.2) is 4.79 Å². The van der Waals surface area contributed by atoms with Crippen LogP contribution in [0, 0.1) is 0 Å². The van der Waals surface area contributed by atoms with E-state index in [1.807, 2.05) is 32.9 Å². The average Bonchev–Trinajstić information content (AvgIpc) is 2.35. The minimum absolute atomic E-state index is 0.101. The van der Waals surface area contributed by atoms with E-state index in [0.717, 1.165) is 29.7 Å². The van der Waals surface area contributed by atoms with Gasteiger partial charge in [0.05, 0.1) is 0 Å². The molecule has 1 heterocycles. The summed E-state index contributed by atoms with van der Waals surface area (Å²) in [4.78, 5) is 11.7. The Morgan fingerprint density at radius 2 is 2.10 bits per heavy atom. The predicted octanol–water partition coefficient (Wildman–Crippen LogP) is 4.36. The van der Waals surface area contributed by atoms with Gasteiger partial charge in [-0.1, -0.05) is 11.6 Å². The molecule has 0 bridgehead atoms. The van der Waals surface area contributed by atoms with Gasteiger partial charge in [0, 0.05) is 6.08 Å². The van der Waals surface area contributed by atoms with Gasteiger partial charge in [-0.2, -0.15) is 0 Å². The van der Waals surface area contributed by atoms with E-state index >= 15 is 0 Å². The number of carbonyl (C=O) groups excluding carboxylic acids is 1. The van der Waals surface area contributed by atoms with Crippen LogP contribution in [0.15, 0.2) is 29.8 Å². The summed E-state index contributed by atoms with van der Waals surface area (Å²) >= 11 is 0. The quantitative estimate of drug-likeness (QED) is 0.612. The number of benzene rings is 1. The fraction of sp³-hybridized carbons (Fsp3) is 0.500. The Morgan fingerprint density at radius 1 is 1.38 bits per heavy atom. The average molecular weight is 288 g/mol. The molecule has 0 spiro atoms. The third kappa shape index (κ3) is 4.10. The first-order chi connectivity index (χ1) is 9.77. The fourth-order valence-electron chi connectivity index (χ4n) is 2.44. The summed E-state index contributed by atoms with van der Waals surface area (Å²) < 4.78 is 11.4. The molecule has 1 aromatic carbocycles. The monoisotopic (exact) mass is 288 g/mol. The van der Waals surface area contributed by atoms with Crippen LogP contribution in [-0.2, 0) is 16.0 Å². The number of hydrogen-bond donors (Lipinski definition) is 0. The van der Waals surface area contributed by atoms with Crippen LogP contribution in [0.2, 0.25) is 0 Å². The van der Waals surface area contributed by atoms with Crippen molar-refractivity contribution in [3.05, 3.63) is 41.0 Å². The van der Waals surface area contributed by atoms with E-state index in [9.17, 15) is 4.79 Å². The summed E-state index contributed by atoms with van der Waals surface area (Å²) in [6.07, 6.45) is 3.24. The summed E-state index contributed by atoms with van der Waals surface area (Å²) in [6, 6.07) is 6.04. The lowest BCUT2D eigenvalue weighted by Gasteiger charge is -2.33. The summed E-state index contributed by atoms with van der Waals surface area (Å²) in [7, 11) is 0. The van der Waals surface area contributed by atoms with Crippen molar-refractivity contribution in [2.45, 2.75) is 59.2 Å². The molecule has 1 unspecified atom stereocenters. The Labute approximate surface area is 127 Å². The summed E-state index contributed by atoms with van der Waals surface area (Å²) in [5.74, 6) is 0.649. The highest BCUT2D eigenvalue weighted by molar-refractivity contribution is 5.82. The normalized spacial score (nSPS) is 17.2. The second-order valence-electron chi connectivity index (χ2n) is 6.53. The standard InChI is InChI=1S/C18H24O3/c1-12(2)10-17(19)20-13(3)14-6-7-16-15(11-14)8-9-18(4,5)21-16/h6-7,10-11,13H,8-9H2,1-5H3. The highest BCUT2D eigenvalue weighted by atomic mass is 16.5. The Morgan fingerprint density at radius 3 is 2.76 bits per heavy atom. The van der Waals surface area contributed by atoms with Gasteiger partial charge in [0.2, 0.25) is 0 Å². The Kier molecular flexibility index (Phi) is 4.40. The first-order valence-electron chi connectivity index (χ1n) is 7.44. The van der Waals surface area contributed by atoms with E-state index in [1.165, 1.54) is 11.6 Å². The van der Waals surface area contributed by atoms with Crippen LogP contribution in [-0.4, -0.2) is 11.6 Å². The minimum Gasteiger partial charge on any atom is -0.488 e. The van der Waals surface area contributed by atoms with Gasteiger partial charge in [-0.3, -0.25) is 0 Å². The van der Waals surface area contributed by atoms with Gasteiger partial charge in [-0.15, -0.1) is 0 Å². The fourth-order valence-corrected chi connectivity index (χ4v) is 2.44. The molecule has 0 aliphatic carbocycles. The Balaban J connectivity index is 2.12. The molecule has 1 aromatic rings. The van der Waals surface area contributed by atoms with Gasteiger partial charge in [-0.05, 0) is 70.7 Å². The van der Waals surface area contributed by atoms with E-state index in [0.29, 0.717) is 0 Å². The van der Waals surface area contributed by atoms with Crippen molar-refractivity contribution in [3.8, 4) is 5.75 Å². The van der Waals surface area contributed by atoms with Gasteiger partial charge >= 0.3 is 5.97 Å². The highest BCUT2D eigenvalue weighted by Crippen LogP contribution is 2.34. The maximum atomic E-state index is 11.7. The van der Waals surface area contributed by atoms with Gasteiger partial charge < -0.3 is 9.47 Å². The van der Waals surface area contributed by atoms with Gasteiger partial charge in [0.1, 0.15) is 17.5 Å². The summed E-state index contributed by atoms with van der Waals surface area (Å²) in [6.45, 7) is 9.86. The number of carbonyl (C=O) groups is 1. The van der Waals surface area contributed by atoms with E-state index < -0.39 is 0 Å². The van der Waals surface area contributed by atoms with Crippen LogP contribution < -0.4 is 4.74 Å². The number of rotatable bonds is 3. The van der Waals surface area contributed by atoms with Crippen LogP contribution in [0.5, 0.6) is 5.75 Å². The van der Waals surface area contributed by atoms with E-state index in [1.54, 1.807) is 0 Å². The van der Waals surface area contributed by atoms with Crippen LogP contribution in [0.25, 0.3) is 0 Å². The number of fused-ring (bicyclic) bond motifs is 1. The first kappa shape index (κ1) is 15.6. The van der Waals surface area contributed by atoms with E-state index in [4.69, 9.17) is 9.47 Å². The molecule has 21 heavy (non-hydrogen) atoms. The molecule has 0 saturated carbocycles. The van der Waals surface area contributed by atoms with Crippen molar-refractivity contribution < 1.29 is 14.3 Å². The predicted molar refractivity (Wildman–Crippen MR) is 83.4 cm³/mol. The van der Waals surface area contributed by atoms with Crippen molar-refractivity contribution in [1.82, 2.24) is 0 Å². The second-order valence-corrected chi connectivity index (χ2v) is 6.53. The zero-order valence-corrected chi connectivity index (χ0v) is 13.5. The number of ether oxygens (including phenoxy) is 2. The summed E-state index contributed by atoms with van der Waals surface area (Å²) in [5, 5.41) is 0. The smallest absolute Gasteiger partial charge is 0.331 e. The zero-order chi connectivity index (χ0) is 15.6. The lowest BCUT2D eigenvalue weighted by Crippen LogP contribution is -2.32. The molecular weight excluding hydrogens is 264 g/mol. The van der Waals surface area contributed by atoms with Crippen molar-refractivity contribution in [2.24, 2.45) is 0 Å². The number of allylic oxidation sites excluding steroid dienone is 1. The molecule has 0 fully saturated rings. The van der Waals surface area contributed by atoms with Crippen molar-refractivity contribution in [3.63, 3.8) is 0 Å². The summed E-state index contributed by atoms with van der Waals surface area (Å²) in [5.41, 5.74) is 3.04. The number of esters is 1. The van der Waals surface area contributed by atoms with Crippen LogP contribution in [0.1, 0.15) is 58.3 Å². The largest absolute Gasteiger partial charge is 0.488 e. The van der Waals surface area contributed by atoms with E-state index in [-0.39, 0.29) is 17.7 Å². The first-order valence-corrected chi connectivity index (χ1v) is 7.44. The molecule has 0 radical (unpaired) electrons. The lowest BCUT2D eigenvalue weighted by molar-refractivity contribution is -0.142. The molecule has 0 amide bonds. The van der Waals surface area contributed by atoms with Gasteiger partial charge in [0.25, 0.3) is 0 Å². The topological polar surface area (TPSA) is 35.5 Å². The molecule has 1 aliphatic rings. The molecule has 3 heteroatoms. The molecule has 1 atom stereocenters. The van der Waals surface area contributed by atoms with Crippen molar-refractivity contribution >= 4 is 5.97 Å². The van der Waals surface area contributed by atoms with Gasteiger partial charge in [0.15, 0.2) is 0 Å². The third-order valence-corrected chi connectivity index (χ3v) is 3.64. The Bertz CT molecular complexity index is 566. The SMILES string of the molecule is CC(C)=CC(=O)OC(C)c1ccc2c(c1)CCC(C)(C)O2. The maximum Gasteiger partial charge on any atom is 0.331 e. The molecule has 114 valence electrons. The van der Waals surface area contributed by atoms with Crippen LogP contribution in [0.4, 0.5) is 0 Å². The lowest BCUT2D eigenvalue weighted by atomic mass is 9.93. The molecule has 0 saturated heterocycles. The van der Waals surface area contributed by atoms with Crippen molar-refractivity contribution in [2.75, 3.05) is 0 Å². The second kappa shape index (κ2) is 5.92. The molecular formula is C18H24O3. The van der Waals surface area contributed by atoms with Crippen LogP contribution in [0.3, 0.4) is 0 Å². The molecule has 0 aromatic heterocycles.